The predicted molar refractivity (Wildman–Crippen MR) is 135 cm³/mol. The van der Waals surface area contributed by atoms with Crippen molar-refractivity contribution < 1.29 is 24.2 Å². The van der Waals surface area contributed by atoms with E-state index >= 15 is 0 Å². The number of phenols is 1. The summed E-state index contributed by atoms with van der Waals surface area (Å²) in [7, 11) is 0. The number of hydrogen-bond acceptors (Lipinski definition) is 5. The Hall–Kier alpha value is -4.84. The van der Waals surface area contributed by atoms with E-state index in [1.54, 1.807) is 42.5 Å². The van der Waals surface area contributed by atoms with E-state index in [2.05, 4.69) is 0 Å². The lowest BCUT2D eigenvalue weighted by molar-refractivity contribution is -0.139. The van der Waals surface area contributed by atoms with Gasteiger partial charge in [-0.3, -0.25) is 4.79 Å². The van der Waals surface area contributed by atoms with E-state index in [9.17, 15) is 19.8 Å². The van der Waals surface area contributed by atoms with Crippen molar-refractivity contribution in [3.63, 3.8) is 0 Å². The fourth-order valence-corrected chi connectivity index (χ4v) is 4.66. The molecule has 5 aromatic carbocycles. The minimum atomic E-state index is -1.07. The summed E-state index contributed by atoms with van der Waals surface area (Å²) >= 11 is 0. The first kappa shape index (κ1) is 20.7. The topological polar surface area (TPSA) is 97.0 Å². The van der Waals surface area contributed by atoms with Crippen molar-refractivity contribution in [3.05, 3.63) is 95.2 Å². The van der Waals surface area contributed by atoms with Crippen LogP contribution in [0.1, 0.15) is 0 Å². The normalized spacial score (nSPS) is 11.4. The Kier molecular flexibility index (Phi) is 4.67. The monoisotopic (exact) mass is 462 g/mol. The Labute approximate surface area is 198 Å². The van der Waals surface area contributed by atoms with Crippen LogP contribution >= 0.6 is 0 Å². The van der Waals surface area contributed by atoms with Gasteiger partial charge in [0.05, 0.1) is 0 Å². The maximum absolute atomic E-state index is 12.0. The second-order valence-corrected chi connectivity index (χ2v) is 8.33. The number of carbonyl (C=O) groups is 1. The highest BCUT2D eigenvalue weighted by Gasteiger charge is 2.19. The molecule has 0 radical (unpaired) electrons. The van der Waals surface area contributed by atoms with E-state index < -0.39 is 12.6 Å². The maximum atomic E-state index is 12.0. The molecule has 0 unspecified atom stereocenters. The van der Waals surface area contributed by atoms with Gasteiger partial charge in [-0.2, -0.15) is 0 Å². The Balaban J connectivity index is 1.80. The summed E-state index contributed by atoms with van der Waals surface area (Å²) in [5.74, 6) is -0.481. The van der Waals surface area contributed by atoms with Gasteiger partial charge < -0.3 is 19.4 Å². The summed E-state index contributed by atoms with van der Waals surface area (Å²) in [5.41, 5.74) is 2.66. The van der Waals surface area contributed by atoms with Crippen LogP contribution in [0.5, 0.6) is 11.5 Å². The van der Waals surface area contributed by atoms with Gasteiger partial charge >= 0.3 is 5.97 Å². The molecule has 0 bridgehead atoms. The third-order valence-corrected chi connectivity index (χ3v) is 6.15. The molecule has 0 aliphatic carbocycles. The van der Waals surface area contributed by atoms with Crippen LogP contribution in [-0.2, 0) is 4.79 Å². The van der Waals surface area contributed by atoms with Crippen LogP contribution < -0.4 is 10.2 Å². The molecule has 170 valence electrons. The zero-order valence-corrected chi connectivity index (χ0v) is 18.3. The van der Waals surface area contributed by atoms with E-state index in [-0.39, 0.29) is 11.2 Å². The van der Waals surface area contributed by atoms with Crippen molar-refractivity contribution in [1.82, 2.24) is 0 Å². The molecule has 1 heterocycles. The molecule has 6 aromatic rings. The number of benzene rings is 5. The zero-order valence-electron chi connectivity index (χ0n) is 18.3. The number of aliphatic carboxylic acids is 1. The summed E-state index contributed by atoms with van der Waals surface area (Å²) in [6.07, 6.45) is 0. The molecule has 6 nitrogen and oxygen atoms in total. The van der Waals surface area contributed by atoms with Gasteiger partial charge in [-0.05, 0) is 65.4 Å². The number of carboxylic acid groups (broad SMARTS) is 1. The van der Waals surface area contributed by atoms with Crippen molar-refractivity contribution in [1.29, 1.82) is 0 Å². The first-order valence-electron chi connectivity index (χ1n) is 11.0. The van der Waals surface area contributed by atoms with E-state index in [0.29, 0.717) is 16.9 Å². The molecule has 1 aromatic heterocycles. The lowest BCUT2D eigenvalue weighted by Crippen LogP contribution is -2.10. The largest absolute Gasteiger partial charge is 0.508 e. The van der Waals surface area contributed by atoms with E-state index in [0.717, 1.165) is 43.4 Å². The molecule has 0 saturated carbocycles. The molecule has 0 atom stereocenters. The van der Waals surface area contributed by atoms with Gasteiger partial charge in [0, 0.05) is 32.7 Å². The van der Waals surface area contributed by atoms with Crippen LogP contribution in [0, 0.1) is 0 Å². The molecule has 0 aliphatic rings. The van der Waals surface area contributed by atoms with Crippen LogP contribution in [0.2, 0.25) is 0 Å². The third-order valence-electron chi connectivity index (χ3n) is 6.15. The molecule has 0 saturated heterocycles. The number of ether oxygens (including phenoxy) is 1. The molecule has 0 aliphatic heterocycles. The average molecular weight is 462 g/mol. The molecular formula is C29H18O6. The van der Waals surface area contributed by atoms with Gasteiger partial charge in [-0.25, -0.2) is 4.79 Å². The fraction of sp³-hybridized carbons (Fsp3) is 0.0345. The number of rotatable bonds is 4. The molecule has 6 rings (SSSR count). The second kappa shape index (κ2) is 7.88. The first-order chi connectivity index (χ1) is 17.0. The van der Waals surface area contributed by atoms with Crippen molar-refractivity contribution in [2.45, 2.75) is 0 Å². The van der Waals surface area contributed by atoms with Crippen LogP contribution in [0.15, 0.2) is 94.1 Å². The SMILES string of the molecule is O=C(O)COc1ccccc1-c1c2ccc3cc(O)ccc3c2oc2c1ccc1cc(=O)ccc12. The van der Waals surface area contributed by atoms with Gasteiger partial charge in [-0.15, -0.1) is 0 Å². The molecule has 6 heteroatoms. The highest BCUT2D eigenvalue weighted by Crippen LogP contribution is 2.44. The Morgan fingerprint density at radius 2 is 1.40 bits per heavy atom. The second-order valence-electron chi connectivity index (χ2n) is 8.33. The van der Waals surface area contributed by atoms with Crippen molar-refractivity contribution >= 4 is 49.5 Å². The predicted octanol–water partition coefficient (Wildman–Crippen LogP) is 6.09. The van der Waals surface area contributed by atoms with Gasteiger partial charge in [0.2, 0.25) is 0 Å². The number of hydrogen-bond donors (Lipinski definition) is 2. The number of carboxylic acids is 1. The average Bonchev–Trinajstić information content (AvgIpc) is 2.85. The van der Waals surface area contributed by atoms with Gasteiger partial charge in [-0.1, -0.05) is 30.3 Å². The van der Waals surface area contributed by atoms with Gasteiger partial charge in [0.15, 0.2) is 12.0 Å². The molecule has 2 N–H and O–H groups in total. The Bertz CT molecular complexity index is 1870. The molecule has 0 amide bonds. The standard InChI is InChI=1S/C29H18O6/c30-18-7-11-20-16(13-18)5-9-23-27(22-3-1-2-4-25(22)34-15-26(32)33)24-10-6-17-14-19(31)8-12-21(17)29(24)35-28(20)23/h1-14,30H,15H2,(H,32,33). The molecule has 35 heavy (non-hydrogen) atoms. The first-order valence-corrected chi connectivity index (χ1v) is 11.0. The fourth-order valence-electron chi connectivity index (χ4n) is 4.66. The lowest BCUT2D eigenvalue weighted by atomic mass is 9.93. The van der Waals surface area contributed by atoms with Crippen LogP contribution in [0.4, 0.5) is 0 Å². The van der Waals surface area contributed by atoms with Crippen LogP contribution in [0.25, 0.3) is 54.6 Å². The summed E-state index contributed by atoms with van der Waals surface area (Å²) in [6, 6.07) is 24.8. The van der Waals surface area contributed by atoms with Crippen LogP contribution in [0.3, 0.4) is 0 Å². The van der Waals surface area contributed by atoms with Gasteiger partial charge in [0.25, 0.3) is 0 Å². The number of fused-ring (bicyclic) bond motifs is 6. The lowest BCUT2D eigenvalue weighted by Gasteiger charge is -2.17. The van der Waals surface area contributed by atoms with Gasteiger partial charge in [0.1, 0.15) is 22.7 Å². The molecular weight excluding hydrogens is 444 g/mol. The number of para-hydroxylation sites is 1. The van der Waals surface area contributed by atoms with E-state index in [1.807, 2.05) is 36.4 Å². The zero-order chi connectivity index (χ0) is 24.1. The van der Waals surface area contributed by atoms with Crippen molar-refractivity contribution in [2.24, 2.45) is 0 Å². The van der Waals surface area contributed by atoms with E-state index in [1.165, 1.54) is 6.07 Å². The number of phenolic OH excluding ortho intramolecular Hbond substituents is 1. The minimum absolute atomic E-state index is 0.0915. The number of aromatic hydroxyl groups is 1. The van der Waals surface area contributed by atoms with Crippen molar-refractivity contribution in [2.75, 3.05) is 6.61 Å². The third kappa shape index (κ3) is 3.43. The van der Waals surface area contributed by atoms with Crippen LogP contribution in [-0.4, -0.2) is 22.8 Å². The molecule has 0 spiro atoms. The Morgan fingerprint density at radius 3 is 2.11 bits per heavy atom. The summed E-state index contributed by atoms with van der Waals surface area (Å²) in [6.45, 7) is -0.471. The highest BCUT2D eigenvalue weighted by atomic mass is 16.5. The quantitative estimate of drug-likeness (QED) is 0.243. The summed E-state index contributed by atoms with van der Waals surface area (Å²) < 4.78 is 12.2. The maximum Gasteiger partial charge on any atom is 0.341 e. The summed E-state index contributed by atoms with van der Waals surface area (Å²) in [5, 5.41) is 23.9. The molecule has 0 fully saturated rings. The smallest absolute Gasteiger partial charge is 0.341 e. The highest BCUT2D eigenvalue weighted by molar-refractivity contribution is 6.19. The minimum Gasteiger partial charge on any atom is -0.508 e. The van der Waals surface area contributed by atoms with Crippen molar-refractivity contribution in [3.8, 4) is 22.6 Å². The Morgan fingerprint density at radius 1 is 0.771 bits per heavy atom. The van der Waals surface area contributed by atoms with E-state index in [4.69, 9.17) is 9.15 Å². The summed E-state index contributed by atoms with van der Waals surface area (Å²) in [4.78, 5) is 23.2.